The van der Waals surface area contributed by atoms with Gasteiger partial charge in [0.2, 0.25) is 0 Å². The van der Waals surface area contributed by atoms with E-state index in [0.29, 0.717) is 22.7 Å². The maximum Gasteiger partial charge on any atom is 0.162 e. The Morgan fingerprint density at radius 3 is 2.30 bits per heavy atom. The van der Waals surface area contributed by atoms with Crippen LogP contribution >= 0.6 is 0 Å². The largest absolute Gasteiger partial charge is 0.493 e. The lowest BCUT2D eigenvalue weighted by Crippen LogP contribution is -2.09. The third kappa shape index (κ3) is 3.07. The Balaban J connectivity index is 2.35. The number of ether oxygens (including phenoxy) is 2. The fourth-order valence-electron chi connectivity index (χ4n) is 2.13. The second kappa shape index (κ2) is 6.36. The van der Waals surface area contributed by atoms with Crippen molar-refractivity contribution in [2.45, 2.75) is 19.8 Å². The van der Waals surface area contributed by atoms with Crippen molar-refractivity contribution < 1.29 is 14.3 Å². The Hall–Kier alpha value is -2.11. The average molecular weight is 277 g/mol. The molecule has 0 aromatic heterocycles. The maximum absolute atomic E-state index is 11.7. The van der Waals surface area contributed by atoms with E-state index in [4.69, 9.17) is 9.47 Å². The summed E-state index contributed by atoms with van der Waals surface area (Å²) in [5, 5.41) is 10.3. The highest BCUT2D eigenvalue weighted by Gasteiger charge is 2.15. The minimum absolute atomic E-state index is 0.0821. The summed E-state index contributed by atoms with van der Waals surface area (Å²) in [6.07, 6.45) is 2.26. The Morgan fingerprint density at radius 1 is 1.15 bits per heavy atom. The summed E-state index contributed by atoms with van der Waals surface area (Å²) in [4.78, 5) is 11.7. The number of benzene rings is 1. The Bertz CT molecular complexity index is 523. The smallest absolute Gasteiger partial charge is 0.162 e. The zero-order valence-electron chi connectivity index (χ0n) is 12.0. The number of methoxy groups -OCH3 is 2. The first-order valence-corrected chi connectivity index (χ1v) is 6.59. The molecule has 108 valence electrons. The van der Waals surface area contributed by atoms with Gasteiger partial charge in [-0.25, -0.2) is 0 Å². The van der Waals surface area contributed by atoms with Crippen molar-refractivity contribution in [1.29, 1.82) is 0 Å². The van der Waals surface area contributed by atoms with Gasteiger partial charge >= 0.3 is 0 Å². The summed E-state index contributed by atoms with van der Waals surface area (Å²) in [5.74, 6) is 0.965. The zero-order valence-corrected chi connectivity index (χ0v) is 12.0. The molecule has 0 aliphatic carbocycles. The van der Waals surface area contributed by atoms with Gasteiger partial charge in [0.1, 0.15) is 5.69 Å². The van der Waals surface area contributed by atoms with Gasteiger partial charge in [0.25, 0.3) is 0 Å². The predicted octanol–water partition coefficient (Wildman–Crippen LogP) is 3.00. The van der Waals surface area contributed by atoms with Crippen LogP contribution in [-0.2, 0) is 0 Å². The molecule has 6 nitrogen and oxygen atoms in total. The predicted molar refractivity (Wildman–Crippen MR) is 74.9 cm³/mol. The highest BCUT2D eigenvalue weighted by atomic mass is 16.5. The lowest BCUT2D eigenvalue weighted by Gasteiger charge is -2.11. The number of nitrogens with zero attached hydrogens (tertiary/aromatic N) is 3. The molecule has 1 aliphatic heterocycles. The summed E-state index contributed by atoms with van der Waals surface area (Å²) in [6.45, 7) is 3.31. The number of hydrogen-bond donors (Lipinski definition) is 0. The number of carbonyl (C=O) groups is 1. The van der Waals surface area contributed by atoms with Crippen LogP contribution < -0.4 is 9.47 Å². The number of ketones is 1. The van der Waals surface area contributed by atoms with Crippen LogP contribution in [0.2, 0.25) is 0 Å². The second-order valence-electron chi connectivity index (χ2n) is 4.63. The summed E-state index contributed by atoms with van der Waals surface area (Å²) < 4.78 is 10.4. The van der Waals surface area contributed by atoms with Crippen LogP contribution in [0.4, 0.5) is 5.69 Å². The number of rotatable bonds is 5. The van der Waals surface area contributed by atoms with Crippen molar-refractivity contribution in [2.75, 3.05) is 27.3 Å². The first kappa shape index (κ1) is 14.3. The van der Waals surface area contributed by atoms with Crippen LogP contribution in [0.3, 0.4) is 0 Å². The normalized spacial score (nSPS) is 14.8. The van der Waals surface area contributed by atoms with Crippen molar-refractivity contribution in [2.24, 2.45) is 10.3 Å². The Kier molecular flexibility index (Phi) is 4.55. The molecule has 0 atom stereocenters. The van der Waals surface area contributed by atoms with Crippen LogP contribution in [0.25, 0.3) is 0 Å². The molecular formula is C14H19N3O3. The standard InChI is InChI=1S/C14H19N3O3/c1-10(18)11-8-13(19-2)14(20-3)9-12(11)15-16-17-6-4-5-7-17/h8-9H,4-7H2,1-3H3. The quantitative estimate of drug-likeness (QED) is 0.613. The minimum atomic E-state index is -0.0821. The fourth-order valence-corrected chi connectivity index (χ4v) is 2.13. The molecule has 0 radical (unpaired) electrons. The number of hydrogen-bond acceptors (Lipinski definition) is 5. The lowest BCUT2D eigenvalue weighted by atomic mass is 10.1. The van der Waals surface area contributed by atoms with Gasteiger partial charge in [-0.15, -0.1) is 5.11 Å². The van der Waals surface area contributed by atoms with Gasteiger partial charge in [0, 0.05) is 24.7 Å². The van der Waals surface area contributed by atoms with Gasteiger partial charge in [-0.2, -0.15) is 0 Å². The van der Waals surface area contributed by atoms with E-state index in [-0.39, 0.29) is 5.78 Å². The zero-order chi connectivity index (χ0) is 14.5. The third-order valence-electron chi connectivity index (χ3n) is 3.24. The topological polar surface area (TPSA) is 63.5 Å². The number of Topliss-reactive ketones (excluding diaryl/α,β-unsaturated/α-hetero) is 1. The summed E-state index contributed by atoms with van der Waals surface area (Å²) in [6, 6.07) is 3.31. The van der Waals surface area contributed by atoms with Gasteiger partial charge < -0.3 is 9.47 Å². The Labute approximate surface area is 118 Å². The van der Waals surface area contributed by atoms with E-state index in [1.54, 1.807) is 19.2 Å². The van der Waals surface area contributed by atoms with E-state index < -0.39 is 0 Å². The molecular weight excluding hydrogens is 258 g/mol. The molecule has 1 aliphatic rings. The molecule has 0 saturated carbocycles. The minimum Gasteiger partial charge on any atom is -0.493 e. The first-order valence-electron chi connectivity index (χ1n) is 6.59. The molecule has 1 saturated heterocycles. The molecule has 20 heavy (non-hydrogen) atoms. The van der Waals surface area contributed by atoms with Crippen molar-refractivity contribution in [3.63, 3.8) is 0 Å². The fraction of sp³-hybridized carbons (Fsp3) is 0.500. The Morgan fingerprint density at radius 2 is 1.75 bits per heavy atom. The maximum atomic E-state index is 11.7. The average Bonchev–Trinajstić information content (AvgIpc) is 2.97. The van der Waals surface area contributed by atoms with Crippen molar-refractivity contribution in [3.05, 3.63) is 17.7 Å². The molecule has 1 fully saturated rings. The molecule has 0 spiro atoms. The van der Waals surface area contributed by atoms with Crippen LogP contribution in [0.15, 0.2) is 22.5 Å². The van der Waals surface area contributed by atoms with Crippen molar-refractivity contribution in [1.82, 2.24) is 5.01 Å². The molecule has 0 unspecified atom stereocenters. The first-order chi connectivity index (χ1) is 9.65. The number of carbonyl (C=O) groups excluding carboxylic acids is 1. The van der Waals surface area contributed by atoms with E-state index >= 15 is 0 Å². The van der Waals surface area contributed by atoms with Gasteiger partial charge in [-0.1, -0.05) is 5.22 Å². The van der Waals surface area contributed by atoms with E-state index in [9.17, 15) is 4.79 Å². The van der Waals surface area contributed by atoms with Gasteiger partial charge in [0.05, 0.1) is 14.2 Å². The second-order valence-corrected chi connectivity index (χ2v) is 4.63. The molecule has 1 aromatic rings. The van der Waals surface area contributed by atoms with Gasteiger partial charge in [-0.05, 0) is 25.8 Å². The third-order valence-corrected chi connectivity index (χ3v) is 3.24. The van der Waals surface area contributed by atoms with Gasteiger partial charge in [0.15, 0.2) is 17.3 Å². The highest BCUT2D eigenvalue weighted by molar-refractivity contribution is 5.99. The highest BCUT2D eigenvalue weighted by Crippen LogP contribution is 2.35. The summed E-state index contributed by atoms with van der Waals surface area (Å²) in [7, 11) is 3.08. The van der Waals surface area contributed by atoms with Crippen LogP contribution in [-0.4, -0.2) is 38.1 Å². The molecule has 6 heteroatoms. The van der Waals surface area contributed by atoms with Crippen LogP contribution in [0.1, 0.15) is 30.1 Å². The molecule has 0 N–H and O–H groups in total. The molecule has 1 heterocycles. The molecule has 0 amide bonds. The van der Waals surface area contributed by atoms with Crippen LogP contribution in [0, 0.1) is 0 Å². The molecule has 2 rings (SSSR count). The monoisotopic (exact) mass is 277 g/mol. The van der Waals surface area contributed by atoms with Crippen LogP contribution in [0.5, 0.6) is 11.5 Å². The van der Waals surface area contributed by atoms with Crippen molar-refractivity contribution >= 4 is 11.5 Å². The molecule has 1 aromatic carbocycles. The van der Waals surface area contributed by atoms with Gasteiger partial charge in [-0.3, -0.25) is 9.80 Å². The van der Waals surface area contributed by atoms with E-state index in [1.165, 1.54) is 14.0 Å². The summed E-state index contributed by atoms with van der Waals surface area (Å²) >= 11 is 0. The van der Waals surface area contributed by atoms with Crippen molar-refractivity contribution in [3.8, 4) is 11.5 Å². The van der Waals surface area contributed by atoms with E-state index in [0.717, 1.165) is 25.9 Å². The summed E-state index contributed by atoms with van der Waals surface area (Å²) in [5.41, 5.74) is 0.979. The lowest BCUT2D eigenvalue weighted by molar-refractivity contribution is 0.101. The van der Waals surface area contributed by atoms with E-state index in [1.807, 2.05) is 5.01 Å². The molecule has 0 bridgehead atoms. The SMILES string of the molecule is COc1cc(N=NN2CCCC2)c(C(C)=O)cc1OC. The van der Waals surface area contributed by atoms with E-state index in [2.05, 4.69) is 10.3 Å².